The minimum absolute atomic E-state index is 0.354. The summed E-state index contributed by atoms with van der Waals surface area (Å²) in [6, 6.07) is 7.54. The van der Waals surface area contributed by atoms with Gasteiger partial charge in [0.1, 0.15) is 5.75 Å². The molecule has 3 heteroatoms. The van der Waals surface area contributed by atoms with E-state index in [1.807, 2.05) is 12.1 Å². The predicted octanol–water partition coefficient (Wildman–Crippen LogP) is 2.31. The van der Waals surface area contributed by atoms with Gasteiger partial charge in [0.2, 0.25) is 0 Å². The minimum atomic E-state index is 0.354. The molecule has 0 unspecified atom stereocenters. The quantitative estimate of drug-likeness (QED) is 0.866. The second-order valence-corrected chi connectivity index (χ2v) is 5.81. The molecule has 1 aliphatic rings. The molecule has 3 nitrogen and oxygen atoms in total. The number of hydrogen-bond acceptors (Lipinski definition) is 3. The average Bonchev–Trinajstić information content (AvgIpc) is 2.23. The fourth-order valence-corrected chi connectivity index (χ4v) is 2.86. The van der Waals surface area contributed by atoms with Crippen LogP contribution < -0.4 is 0 Å². The fraction of sp³-hybridized carbons (Fsp3) is 0.600. The van der Waals surface area contributed by atoms with Crippen LogP contribution in [0.5, 0.6) is 5.75 Å². The third-order valence-corrected chi connectivity index (χ3v) is 4.16. The van der Waals surface area contributed by atoms with Crippen LogP contribution in [-0.4, -0.2) is 48.1 Å². The molecule has 0 amide bonds. The zero-order valence-electron chi connectivity index (χ0n) is 11.7. The summed E-state index contributed by atoms with van der Waals surface area (Å²) in [7, 11) is 6.52. The lowest BCUT2D eigenvalue weighted by molar-refractivity contribution is 0.0259. The van der Waals surface area contributed by atoms with Gasteiger partial charge in [-0.3, -0.25) is 0 Å². The van der Waals surface area contributed by atoms with Crippen molar-refractivity contribution in [1.29, 1.82) is 0 Å². The fourth-order valence-electron chi connectivity index (χ4n) is 2.86. The Bertz CT molecular complexity index is 399. The number of phenolic OH excluding ortho intramolecular Hbond substituents is 1. The summed E-state index contributed by atoms with van der Waals surface area (Å²) in [5, 5.41) is 9.48. The van der Waals surface area contributed by atoms with Crippen LogP contribution in [0.25, 0.3) is 0 Å². The van der Waals surface area contributed by atoms with E-state index >= 15 is 0 Å². The molecule has 1 saturated carbocycles. The van der Waals surface area contributed by atoms with Crippen molar-refractivity contribution in [3.8, 4) is 5.75 Å². The summed E-state index contributed by atoms with van der Waals surface area (Å²) in [5.41, 5.74) is 1.54. The monoisotopic (exact) mass is 248 g/mol. The second-order valence-electron chi connectivity index (χ2n) is 5.81. The van der Waals surface area contributed by atoms with Crippen molar-refractivity contribution in [3.05, 3.63) is 29.8 Å². The van der Waals surface area contributed by atoms with Crippen LogP contribution in [0.3, 0.4) is 0 Å². The SMILES string of the molecule is CN(Cc1cccc(O)c1)CC1(N(C)C)CCC1. The molecule has 100 valence electrons. The Kier molecular flexibility index (Phi) is 3.93. The highest BCUT2D eigenvalue weighted by atomic mass is 16.3. The van der Waals surface area contributed by atoms with Gasteiger partial charge in [-0.1, -0.05) is 12.1 Å². The molecule has 1 aliphatic carbocycles. The van der Waals surface area contributed by atoms with Gasteiger partial charge < -0.3 is 14.9 Å². The average molecular weight is 248 g/mol. The van der Waals surface area contributed by atoms with Crippen molar-refractivity contribution < 1.29 is 5.11 Å². The van der Waals surface area contributed by atoms with Gasteiger partial charge >= 0.3 is 0 Å². The van der Waals surface area contributed by atoms with Gasteiger partial charge in [0, 0.05) is 18.6 Å². The summed E-state index contributed by atoms with van der Waals surface area (Å²) < 4.78 is 0. The Morgan fingerprint density at radius 1 is 1.22 bits per heavy atom. The molecule has 0 saturated heterocycles. The van der Waals surface area contributed by atoms with Gasteiger partial charge in [0.05, 0.1) is 0 Å². The molecular weight excluding hydrogens is 224 g/mol. The Labute approximate surface area is 110 Å². The molecule has 1 N–H and O–H groups in total. The van der Waals surface area contributed by atoms with Gasteiger partial charge in [0.25, 0.3) is 0 Å². The Hall–Kier alpha value is -1.06. The number of rotatable bonds is 5. The van der Waals surface area contributed by atoms with Crippen molar-refractivity contribution >= 4 is 0 Å². The van der Waals surface area contributed by atoms with Crippen LogP contribution >= 0.6 is 0 Å². The standard InChI is InChI=1S/C15H24N2O/c1-16(2)15(8-5-9-15)12-17(3)11-13-6-4-7-14(18)10-13/h4,6-7,10,18H,5,8-9,11-12H2,1-3H3. The Morgan fingerprint density at radius 2 is 1.94 bits per heavy atom. The summed E-state index contributed by atoms with van der Waals surface area (Å²) >= 11 is 0. The molecule has 1 aromatic rings. The number of benzene rings is 1. The number of likely N-dealkylation sites (N-methyl/N-ethyl adjacent to an activating group) is 2. The van der Waals surface area contributed by atoms with Crippen LogP contribution in [0.2, 0.25) is 0 Å². The molecule has 0 aromatic heterocycles. The minimum Gasteiger partial charge on any atom is -0.508 e. The first kappa shape index (κ1) is 13.4. The largest absolute Gasteiger partial charge is 0.508 e. The number of nitrogens with zero attached hydrogens (tertiary/aromatic N) is 2. The lowest BCUT2D eigenvalue weighted by Gasteiger charge is -2.49. The molecule has 0 heterocycles. The van der Waals surface area contributed by atoms with E-state index in [1.165, 1.54) is 24.8 Å². The van der Waals surface area contributed by atoms with E-state index in [-0.39, 0.29) is 0 Å². The third kappa shape index (κ3) is 2.85. The van der Waals surface area contributed by atoms with Gasteiger partial charge in [-0.25, -0.2) is 0 Å². The summed E-state index contributed by atoms with van der Waals surface area (Å²) in [5.74, 6) is 0.354. The van der Waals surface area contributed by atoms with E-state index in [0.29, 0.717) is 11.3 Å². The van der Waals surface area contributed by atoms with E-state index in [0.717, 1.165) is 13.1 Å². The van der Waals surface area contributed by atoms with Crippen LogP contribution in [0.4, 0.5) is 0 Å². The summed E-state index contributed by atoms with van der Waals surface area (Å²) in [6.07, 6.45) is 3.94. The van der Waals surface area contributed by atoms with E-state index in [9.17, 15) is 5.11 Å². The van der Waals surface area contributed by atoms with E-state index in [1.54, 1.807) is 6.07 Å². The van der Waals surface area contributed by atoms with E-state index < -0.39 is 0 Å². The maximum atomic E-state index is 9.48. The molecular formula is C15H24N2O. The van der Waals surface area contributed by atoms with Crippen molar-refractivity contribution in [2.24, 2.45) is 0 Å². The predicted molar refractivity (Wildman–Crippen MR) is 74.7 cm³/mol. The maximum Gasteiger partial charge on any atom is 0.115 e. The maximum absolute atomic E-state index is 9.48. The summed E-state index contributed by atoms with van der Waals surface area (Å²) in [4.78, 5) is 4.73. The molecule has 1 fully saturated rings. The first-order valence-corrected chi connectivity index (χ1v) is 6.66. The van der Waals surface area contributed by atoms with Crippen molar-refractivity contribution in [3.63, 3.8) is 0 Å². The molecule has 1 aromatic carbocycles. The van der Waals surface area contributed by atoms with Gasteiger partial charge in [-0.2, -0.15) is 0 Å². The highest BCUT2D eigenvalue weighted by Gasteiger charge is 2.39. The van der Waals surface area contributed by atoms with Crippen LogP contribution in [-0.2, 0) is 6.54 Å². The van der Waals surface area contributed by atoms with Crippen LogP contribution in [0.15, 0.2) is 24.3 Å². The molecule has 0 bridgehead atoms. The lowest BCUT2D eigenvalue weighted by atomic mass is 9.75. The first-order chi connectivity index (χ1) is 8.52. The normalized spacial score (nSPS) is 18.1. The number of phenols is 1. The van der Waals surface area contributed by atoms with Gasteiger partial charge in [-0.05, 0) is 58.1 Å². The van der Waals surface area contributed by atoms with Crippen molar-refractivity contribution in [2.45, 2.75) is 31.3 Å². The molecule has 0 aliphatic heterocycles. The molecule has 0 atom stereocenters. The number of aromatic hydroxyl groups is 1. The highest BCUT2D eigenvalue weighted by molar-refractivity contribution is 5.27. The molecule has 2 rings (SSSR count). The van der Waals surface area contributed by atoms with E-state index in [4.69, 9.17) is 0 Å². The zero-order valence-corrected chi connectivity index (χ0v) is 11.7. The first-order valence-electron chi connectivity index (χ1n) is 6.66. The Balaban J connectivity index is 1.94. The highest BCUT2D eigenvalue weighted by Crippen LogP contribution is 2.36. The molecule has 0 spiro atoms. The van der Waals surface area contributed by atoms with Gasteiger partial charge in [0.15, 0.2) is 0 Å². The zero-order chi connectivity index (χ0) is 13.2. The third-order valence-electron chi connectivity index (χ3n) is 4.16. The van der Waals surface area contributed by atoms with Crippen LogP contribution in [0, 0.1) is 0 Å². The molecule has 18 heavy (non-hydrogen) atoms. The van der Waals surface area contributed by atoms with Gasteiger partial charge in [-0.15, -0.1) is 0 Å². The van der Waals surface area contributed by atoms with Crippen molar-refractivity contribution in [2.75, 3.05) is 27.7 Å². The molecule has 0 radical (unpaired) electrons. The second kappa shape index (κ2) is 5.29. The number of hydrogen-bond donors (Lipinski definition) is 1. The lowest BCUT2D eigenvalue weighted by Crippen LogP contribution is -2.56. The summed E-state index contributed by atoms with van der Waals surface area (Å²) in [6.45, 7) is 1.99. The smallest absolute Gasteiger partial charge is 0.115 e. The van der Waals surface area contributed by atoms with E-state index in [2.05, 4.69) is 37.0 Å². The Morgan fingerprint density at radius 3 is 2.44 bits per heavy atom. The van der Waals surface area contributed by atoms with Crippen molar-refractivity contribution in [1.82, 2.24) is 9.80 Å². The topological polar surface area (TPSA) is 26.7 Å². The van der Waals surface area contributed by atoms with Crippen LogP contribution in [0.1, 0.15) is 24.8 Å².